The molecule has 0 N–H and O–H groups in total. The molecular weight excluding hydrogens is 741 g/mol. The molecule has 0 saturated heterocycles. The van der Waals surface area contributed by atoms with Crippen LogP contribution in [-0.2, 0) is 37.7 Å². The highest BCUT2D eigenvalue weighted by molar-refractivity contribution is 7.25. The van der Waals surface area contributed by atoms with Crippen molar-refractivity contribution in [3.05, 3.63) is 183 Å². The number of nitrogens with zero attached hydrogens (tertiary/aromatic N) is 4. The Morgan fingerprint density at radius 2 is 0.836 bits per heavy atom. The lowest BCUT2D eigenvalue weighted by atomic mass is 9.84. The van der Waals surface area contributed by atoms with Crippen LogP contribution in [0.25, 0.3) is 31.3 Å². The first-order valence-corrected chi connectivity index (χ1v) is 18.4. The van der Waals surface area contributed by atoms with Gasteiger partial charge in [-0.2, -0.15) is 0 Å². The van der Waals surface area contributed by atoms with Crippen LogP contribution in [0.1, 0.15) is 22.5 Å². The summed E-state index contributed by atoms with van der Waals surface area (Å²) in [5.41, 5.74) is -3.75. The van der Waals surface area contributed by atoms with Crippen molar-refractivity contribution in [2.45, 2.75) is 18.6 Å². The highest BCUT2D eigenvalue weighted by Gasteiger charge is 2.63. The molecule has 0 bridgehead atoms. The van der Waals surface area contributed by atoms with E-state index >= 15 is 0 Å². The Bertz CT molecular complexity index is 2880. The van der Waals surface area contributed by atoms with Crippen LogP contribution in [0.3, 0.4) is 0 Å². The number of carbonyl (C=O) groups is 2. The van der Waals surface area contributed by atoms with Crippen LogP contribution in [-0.4, -0.2) is 21.9 Å². The molecule has 55 heavy (non-hydrogen) atoms. The monoisotopic (exact) mass is 762 g/mol. The van der Waals surface area contributed by atoms with Crippen LogP contribution < -0.4 is 32.4 Å². The van der Waals surface area contributed by atoms with Crippen LogP contribution in [0, 0.1) is 0 Å². The molecule has 6 aromatic carbocycles. The van der Waals surface area contributed by atoms with Crippen molar-refractivity contribution in [2.24, 2.45) is 9.98 Å². The predicted octanol–water partition coefficient (Wildman–Crippen LogP) is 4.32. The van der Waals surface area contributed by atoms with Crippen molar-refractivity contribution >= 4 is 66.4 Å². The number of esters is 2. The number of fused-ring (bicyclic) bond motifs is 5. The first-order chi connectivity index (χ1) is 26.8. The second-order valence-corrected chi connectivity index (χ2v) is 14.5. The molecule has 1 aliphatic rings. The molecule has 12 nitrogen and oxygen atoms in total. The maximum atomic E-state index is 14.7. The van der Waals surface area contributed by atoms with E-state index in [1.807, 2.05) is 0 Å². The van der Waals surface area contributed by atoms with Crippen molar-refractivity contribution in [1.29, 1.82) is 0 Å². The van der Waals surface area contributed by atoms with E-state index in [2.05, 4.69) is 20.0 Å². The van der Waals surface area contributed by atoms with E-state index in [4.69, 9.17) is 9.47 Å². The number of benzene rings is 4. The zero-order chi connectivity index (χ0) is 37.8. The van der Waals surface area contributed by atoms with E-state index in [0.717, 1.165) is 22.7 Å². The molecule has 0 atom stereocenters. The quantitative estimate of drug-likeness (QED) is 0.161. The second kappa shape index (κ2) is 13.2. The van der Waals surface area contributed by atoms with Crippen LogP contribution in [0.15, 0.2) is 138 Å². The highest BCUT2D eigenvalue weighted by Crippen LogP contribution is 2.56. The lowest BCUT2D eigenvalue weighted by Crippen LogP contribution is -2.46. The average Bonchev–Trinajstić information content (AvgIpc) is 3.99. The van der Waals surface area contributed by atoms with Crippen molar-refractivity contribution in [3.63, 3.8) is 0 Å². The van der Waals surface area contributed by atoms with Gasteiger partial charge in [-0.3, -0.25) is 19.2 Å². The zero-order valence-corrected chi connectivity index (χ0v) is 29.8. The van der Waals surface area contributed by atoms with E-state index < -0.39 is 39.1 Å². The third-order valence-corrected chi connectivity index (χ3v) is 11.4. The number of rotatable bonds is 8. The number of aromatic nitrogens is 2. The van der Waals surface area contributed by atoms with Crippen LogP contribution in [0.2, 0.25) is 0 Å². The normalized spacial score (nSPS) is 12.7. The summed E-state index contributed by atoms with van der Waals surface area (Å²) in [6.45, 7) is -0.446. The molecule has 0 saturated carbocycles. The van der Waals surface area contributed by atoms with Gasteiger partial charge in [-0.25, -0.2) is 29.5 Å². The van der Waals surface area contributed by atoms with Crippen molar-refractivity contribution < 1.29 is 19.1 Å². The topological polar surface area (TPSA) is 171 Å². The molecule has 8 aromatic rings. The van der Waals surface area contributed by atoms with E-state index in [-0.39, 0.29) is 76.9 Å². The summed E-state index contributed by atoms with van der Waals surface area (Å²) in [5.74, 6) is -2.13. The van der Waals surface area contributed by atoms with Gasteiger partial charge in [-0.15, -0.1) is 0 Å². The third-order valence-electron chi connectivity index (χ3n) is 9.29. The lowest BCUT2D eigenvalue weighted by molar-refractivity contribution is -0.164. The lowest BCUT2D eigenvalue weighted by Gasteiger charge is -2.24. The molecule has 1 aliphatic carbocycles. The molecule has 0 aliphatic heterocycles. The molecule has 14 heteroatoms. The van der Waals surface area contributed by atoms with Gasteiger partial charge in [0.05, 0.1) is 21.1 Å². The largest absolute Gasteiger partial charge is 0.459 e. The Hall–Kier alpha value is -6.90. The average molecular weight is 763 g/mol. The van der Waals surface area contributed by atoms with Gasteiger partial charge in [0, 0.05) is 21.5 Å². The number of hydrogen-bond donors (Lipinski definition) is 0. The Morgan fingerprint density at radius 3 is 1.18 bits per heavy atom. The van der Waals surface area contributed by atoms with Crippen LogP contribution in [0.5, 0.6) is 0 Å². The van der Waals surface area contributed by atoms with E-state index in [1.165, 1.54) is 24.3 Å². The van der Waals surface area contributed by atoms with Crippen molar-refractivity contribution in [3.8, 4) is 9.75 Å². The highest BCUT2D eigenvalue weighted by atomic mass is 32.1. The Morgan fingerprint density at radius 1 is 0.509 bits per heavy atom. The van der Waals surface area contributed by atoms with E-state index in [0.29, 0.717) is 11.1 Å². The van der Waals surface area contributed by atoms with Crippen LogP contribution in [0.4, 0.5) is 10.3 Å². The minimum atomic E-state index is -2.43. The standard InChI is InChI=1S/C41H22N4O8S2/c46-29-23-15-7-8-16-24(23)30(47)27(29)42-39-44-35-33(54-39)34-36(45-40(55-34)43-28-31(48)25-17-9-10-18-26(25)32(28)49)41(35,37(50)52-19-21-11-3-1-4-12-21)38(51)53-20-22-13-5-2-6-14-22/h1-18H,19-20H2. The molecule has 0 spiro atoms. The van der Waals surface area contributed by atoms with Gasteiger partial charge in [-0.05, 0) is 11.1 Å². The maximum Gasteiger partial charge on any atom is 0.336 e. The number of ether oxygens (including phenoxy) is 2. The third kappa shape index (κ3) is 5.41. The minimum Gasteiger partial charge on any atom is -0.459 e. The Balaban J connectivity index is 1.26. The summed E-state index contributed by atoms with van der Waals surface area (Å²) in [6, 6.07) is 30.3. The fraction of sp³-hybridized carbons (Fsp3) is 0.0732. The SMILES string of the molecule is O=C(OCc1ccccc1)C1(C(=O)OCc2ccccc2)c2nc(N=c3c(=O)c4ccccc4c3=O)sc2-c2sc(N=c3c(=O)c4ccccc4c3=O)nc21. The molecular formula is C41H22N4O8S2. The molecule has 2 heterocycles. The smallest absolute Gasteiger partial charge is 0.336 e. The van der Waals surface area contributed by atoms with Crippen molar-refractivity contribution in [1.82, 2.24) is 9.97 Å². The number of carbonyl (C=O) groups excluding carboxylic acids is 2. The van der Waals surface area contributed by atoms with Gasteiger partial charge in [0.1, 0.15) is 13.2 Å². The summed E-state index contributed by atoms with van der Waals surface area (Å²) in [7, 11) is 0. The van der Waals surface area contributed by atoms with Gasteiger partial charge >= 0.3 is 11.9 Å². The summed E-state index contributed by atoms with van der Waals surface area (Å²) >= 11 is 1.83. The van der Waals surface area contributed by atoms with Gasteiger partial charge in [0.25, 0.3) is 5.41 Å². The summed E-state index contributed by atoms with van der Waals surface area (Å²) < 4.78 is 11.7. The minimum absolute atomic E-state index is 0.0888. The van der Waals surface area contributed by atoms with Crippen molar-refractivity contribution in [2.75, 3.05) is 0 Å². The molecule has 0 amide bonds. The Kier molecular flexibility index (Phi) is 8.13. The van der Waals surface area contributed by atoms with E-state index in [1.54, 1.807) is 84.9 Å². The van der Waals surface area contributed by atoms with Gasteiger partial charge < -0.3 is 9.47 Å². The van der Waals surface area contributed by atoms with Gasteiger partial charge in [-0.1, -0.05) is 132 Å². The molecule has 0 unspecified atom stereocenters. The zero-order valence-electron chi connectivity index (χ0n) is 28.2. The van der Waals surface area contributed by atoms with Crippen LogP contribution >= 0.6 is 22.7 Å². The first kappa shape index (κ1) is 33.9. The van der Waals surface area contributed by atoms with E-state index in [9.17, 15) is 28.8 Å². The molecule has 266 valence electrons. The summed E-state index contributed by atoms with van der Waals surface area (Å²) in [4.78, 5) is 101. The number of thiazole rings is 2. The Labute approximate surface area is 316 Å². The fourth-order valence-corrected chi connectivity index (χ4v) is 8.78. The van der Waals surface area contributed by atoms with Gasteiger partial charge in [0.15, 0.2) is 10.7 Å². The maximum absolute atomic E-state index is 14.7. The number of hydrogen-bond acceptors (Lipinski definition) is 14. The predicted molar refractivity (Wildman–Crippen MR) is 205 cm³/mol. The molecule has 0 fully saturated rings. The summed E-state index contributed by atoms with van der Waals surface area (Å²) in [6.07, 6.45) is 0. The molecule has 2 aromatic heterocycles. The molecule has 0 radical (unpaired) electrons. The first-order valence-electron chi connectivity index (χ1n) is 16.7. The fourth-order valence-electron chi connectivity index (χ4n) is 6.64. The molecule has 9 rings (SSSR count). The van der Waals surface area contributed by atoms with Gasteiger partial charge in [0.2, 0.25) is 32.0 Å². The second-order valence-electron chi connectivity index (χ2n) is 12.6. The summed E-state index contributed by atoms with van der Waals surface area (Å²) in [5, 5.41) is -0.117.